The van der Waals surface area contributed by atoms with Crippen molar-refractivity contribution in [3.05, 3.63) is 89.1 Å². The molecule has 0 atom stereocenters. The van der Waals surface area contributed by atoms with Gasteiger partial charge in [-0.25, -0.2) is 4.79 Å². The van der Waals surface area contributed by atoms with Crippen LogP contribution >= 0.6 is 23.1 Å². The molecule has 214 valence electrons. The molecule has 0 spiro atoms. The molecular weight excluding hydrogens is 556 g/mol. The normalized spacial score (nSPS) is 11.2. The molecule has 0 radical (unpaired) electrons. The Morgan fingerprint density at radius 1 is 1.10 bits per heavy atom. The molecule has 8 nitrogen and oxygen atoms in total. The van der Waals surface area contributed by atoms with Crippen LogP contribution in [0, 0.1) is 6.92 Å². The average Bonchev–Trinajstić information content (AvgIpc) is 3.49. The van der Waals surface area contributed by atoms with E-state index in [1.165, 1.54) is 35.8 Å². The van der Waals surface area contributed by atoms with Crippen molar-refractivity contribution in [2.45, 2.75) is 51.4 Å². The number of rotatable bonds is 11. The molecule has 1 amide bonds. The van der Waals surface area contributed by atoms with Crippen molar-refractivity contribution >= 4 is 40.0 Å². The van der Waals surface area contributed by atoms with Gasteiger partial charge in [0.1, 0.15) is 22.9 Å². The van der Waals surface area contributed by atoms with Gasteiger partial charge in [-0.2, -0.15) is 0 Å². The van der Waals surface area contributed by atoms with Crippen molar-refractivity contribution in [3.8, 4) is 16.9 Å². The zero-order valence-electron chi connectivity index (χ0n) is 23.9. The smallest absolute Gasteiger partial charge is 0.341 e. The largest absolute Gasteiger partial charge is 0.486 e. The Balaban J connectivity index is 1.44. The number of carbonyl (C=O) groups excluding carboxylic acids is 2. The second kappa shape index (κ2) is 13.2. The van der Waals surface area contributed by atoms with Gasteiger partial charge in [0.05, 0.1) is 12.9 Å². The van der Waals surface area contributed by atoms with E-state index in [0.29, 0.717) is 28.1 Å². The molecule has 2 heterocycles. The van der Waals surface area contributed by atoms with Gasteiger partial charge in [-0.05, 0) is 35.6 Å². The maximum atomic E-state index is 13.0. The topological polar surface area (TPSA) is 95.3 Å². The highest BCUT2D eigenvalue weighted by Crippen LogP contribution is 2.40. The summed E-state index contributed by atoms with van der Waals surface area (Å²) < 4.78 is 12.9. The summed E-state index contributed by atoms with van der Waals surface area (Å²) in [5.74, 6) is 0.664. The Morgan fingerprint density at radius 2 is 1.80 bits per heavy atom. The average molecular weight is 591 g/mol. The van der Waals surface area contributed by atoms with E-state index in [1.54, 1.807) is 6.08 Å². The number of nitrogens with one attached hydrogen (secondary N) is 1. The van der Waals surface area contributed by atoms with E-state index in [2.05, 4.69) is 55.0 Å². The Labute approximate surface area is 248 Å². The number of carbonyl (C=O) groups is 2. The Kier molecular flexibility index (Phi) is 9.67. The fourth-order valence-corrected chi connectivity index (χ4v) is 6.07. The van der Waals surface area contributed by atoms with Crippen LogP contribution in [0.4, 0.5) is 5.00 Å². The van der Waals surface area contributed by atoms with Gasteiger partial charge in [0, 0.05) is 17.0 Å². The number of ether oxygens (including phenoxy) is 2. The van der Waals surface area contributed by atoms with Crippen molar-refractivity contribution in [2.75, 3.05) is 18.2 Å². The highest BCUT2D eigenvalue weighted by Gasteiger charge is 2.25. The van der Waals surface area contributed by atoms with Gasteiger partial charge in [-0.3, -0.25) is 9.36 Å². The lowest BCUT2D eigenvalue weighted by molar-refractivity contribution is -0.113. The fourth-order valence-electron chi connectivity index (χ4n) is 4.22. The summed E-state index contributed by atoms with van der Waals surface area (Å²) in [7, 11) is 1.33. The molecule has 1 N–H and O–H groups in total. The molecule has 0 bridgehead atoms. The fraction of sp³-hybridized carbons (Fsp3) is 0.290. The Hall–Kier alpha value is -3.89. The zero-order chi connectivity index (χ0) is 29.6. The third kappa shape index (κ3) is 7.25. The second-order valence-corrected chi connectivity index (χ2v) is 12.5. The predicted molar refractivity (Wildman–Crippen MR) is 165 cm³/mol. The number of hydrogen-bond acceptors (Lipinski definition) is 8. The first-order valence-corrected chi connectivity index (χ1v) is 14.9. The number of thiophene rings is 1. The molecule has 0 aliphatic heterocycles. The van der Waals surface area contributed by atoms with E-state index in [1.807, 2.05) is 54.0 Å². The Bertz CT molecular complexity index is 1520. The van der Waals surface area contributed by atoms with Gasteiger partial charge >= 0.3 is 5.97 Å². The summed E-state index contributed by atoms with van der Waals surface area (Å²) in [6.07, 6.45) is 1.75. The van der Waals surface area contributed by atoms with Gasteiger partial charge in [-0.1, -0.05) is 81.1 Å². The highest BCUT2D eigenvalue weighted by molar-refractivity contribution is 7.99. The van der Waals surface area contributed by atoms with Crippen LogP contribution in [0.15, 0.2) is 72.4 Å². The lowest BCUT2D eigenvalue weighted by Crippen LogP contribution is -2.16. The number of benzene rings is 2. The molecule has 2 aromatic carbocycles. The van der Waals surface area contributed by atoms with Gasteiger partial charge < -0.3 is 14.8 Å². The summed E-state index contributed by atoms with van der Waals surface area (Å²) in [6.45, 7) is 13.0. The van der Waals surface area contributed by atoms with E-state index in [9.17, 15) is 9.59 Å². The second-order valence-electron chi connectivity index (χ2n) is 10.3. The Morgan fingerprint density at radius 3 is 2.44 bits per heavy atom. The zero-order valence-corrected chi connectivity index (χ0v) is 25.5. The van der Waals surface area contributed by atoms with Crippen molar-refractivity contribution in [1.29, 1.82) is 0 Å². The van der Waals surface area contributed by atoms with Crippen LogP contribution in [-0.4, -0.2) is 39.5 Å². The highest BCUT2D eigenvalue weighted by atomic mass is 32.2. The number of amides is 1. The molecule has 0 aliphatic rings. The number of thioether (sulfide) groups is 1. The lowest BCUT2D eigenvalue weighted by atomic mass is 9.87. The molecule has 4 aromatic rings. The van der Waals surface area contributed by atoms with Gasteiger partial charge in [0.25, 0.3) is 0 Å². The van der Waals surface area contributed by atoms with Gasteiger partial charge in [0.15, 0.2) is 11.0 Å². The number of aromatic nitrogens is 3. The van der Waals surface area contributed by atoms with Crippen molar-refractivity contribution in [3.63, 3.8) is 0 Å². The first-order chi connectivity index (χ1) is 19.6. The number of aryl methyl sites for hydroxylation is 1. The minimum atomic E-state index is -0.500. The summed E-state index contributed by atoms with van der Waals surface area (Å²) in [5, 5.41) is 12.5. The molecule has 0 saturated heterocycles. The molecule has 0 fully saturated rings. The molecular formula is C31H34N4O4S2. The molecule has 0 aliphatic carbocycles. The van der Waals surface area contributed by atoms with E-state index in [0.717, 1.165) is 21.8 Å². The molecule has 2 aromatic heterocycles. The molecule has 0 saturated carbocycles. The SMILES string of the molecule is C=CCn1c(COc2ccc(C(C)(C)C)cc2)nnc1SCC(=O)Nc1sc(C)c(-c2ccccc2)c1C(=O)OC. The minimum Gasteiger partial charge on any atom is -0.486 e. The standard InChI is InChI=1S/C31H34N4O4S2/c1-7-17-35-24(18-39-23-15-13-22(14-16-23)31(3,4)5)33-34-30(35)40-19-25(36)32-28-27(29(37)38-6)26(20(2)41-28)21-11-9-8-10-12-21/h7-16H,1,17-19H2,2-6H3,(H,32,36). The summed E-state index contributed by atoms with van der Waals surface area (Å²) in [4.78, 5) is 26.6. The minimum absolute atomic E-state index is 0.0640. The maximum Gasteiger partial charge on any atom is 0.341 e. The third-order valence-electron chi connectivity index (χ3n) is 6.31. The van der Waals surface area contributed by atoms with Crippen molar-refractivity contribution in [1.82, 2.24) is 14.8 Å². The first kappa shape index (κ1) is 30.1. The first-order valence-electron chi connectivity index (χ1n) is 13.1. The summed E-state index contributed by atoms with van der Waals surface area (Å²) >= 11 is 2.60. The van der Waals surface area contributed by atoms with E-state index in [4.69, 9.17) is 9.47 Å². The van der Waals surface area contributed by atoms with Crippen molar-refractivity contribution in [2.24, 2.45) is 0 Å². The molecule has 0 unspecified atom stereocenters. The number of allylic oxidation sites excluding steroid dienone is 1. The molecule has 10 heteroatoms. The molecule has 4 rings (SSSR count). The number of hydrogen-bond donors (Lipinski definition) is 1. The van der Waals surface area contributed by atoms with Crippen molar-refractivity contribution < 1.29 is 19.1 Å². The van der Waals surface area contributed by atoms with E-state index in [-0.39, 0.29) is 23.7 Å². The van der Waals surface area contributed by atoms with Crippen LogP contribution in [0.2, 0.25) is 0 Å². The predicted octanol–water partition coefficient (Wildman–Crippen LogP) is 6.89. The number of methoxy groups -OCH3 is 1. The summed E-state index contributed by atoms with van der Waals surface area (Å²) in [5.41, 5.74) is 3.28. The van der Waals surface area contributed by atoms with Gasteiger partial charge in [-0.15, -0.1) is 28.1 Å². The van der Waals surface area contributed by atoms with E-state index >= 15 is 0 Å². The van der Waals surface area contributed by atoms with Crippen LogP contribution in [0.5, 0.6) is 5.75 Å². The quantitative estimate of drug-likeness (QED) is 0.115. The van der Waals surface area contributed by atoms with Crippen LogP contribution in [-0.2, 0) is 28.1 Å². The molecule has 41 heavy (non-hydrogen) atoms. The van der Waals surface area contributed by atoms with E-state index < -0.39 is 5.97 Å². The monoisotopic (exact) mass is 590 g/mol. The van der Waals surface area contributed by atoms with Crippen LogP contribution in [0.25, 0.3) is 11.1 Å². The van der Waals surface area contributed by atoms with Gasteiger partial charge in [0.2, 0.25) is 5.91 Å². The number of nitrogens with zero attached hydrogens (tertiary/aromatic N) is 3. The van der Waals surface area contributed by atoms with Crippen LogP contribution < -0.4 is 10.1 Å². The third-order valence-corrected chi connectivity index (χ3v) is 8.30. The van der Waals surface area contributed by atoms with Crippen LogP contribution in [0.3, 0.4) is 0 Å². The van der Waals surface area contributed by atoms with Crippen LogP contribution in [0.1, 0.15) is 47.4 Å². The number of anilines is 1. The maximum absolute atomic E-state index is 13.0. The number of esters is 1. The summed E-state index contributed by atoms with van der Waals surface area (Å²) in [6, 6.07) is 17.6. The lowest BCUT2D eigenvalue weighted by Gasteiger charge is -2.19.